The number of amides is 1. The molecule has 130 valence electrons. The molecule has 0 saturated heterocycles. The minimum atomic E-state index is -0.320. The summed E-state index contributed by atoms with van der Waals surface area (Å²) in [5.74, 6) is 0.352. The van der Waals surface area contributed by atoms with Crippen molar-refractivity contribution in [2.75, 3.05) is 5.75 Å². The predicted octanol–water partition coefficient (Wildman–Crippen LogP) is 3.97. The van der Waals surface area contributed by atoms with Gasteiger partial charge in [-0.15, -0.1) is 11.3 Å². The monoisotopic (exact) mass is 393 g/mol. The van der Waals surface area contributed by atoms with Gasteiger partial charge >= 0.3 is 0 Å². The zero-order chi connectivity index (χ0) is 18.0. The number of thioether (sulfide) groups is 1. The van der Waals surface area contributed by atoms with Crippen LogP contribution >= 0.6 is 34.7 Å². The number of benzene rings is 1. The average Bonchev–Trinajstić information content (AvgIpc) is 2.89. The molecule has 0 aliphatic rings. The van der Waals surface area contributed by atoms with E-state index in [9.17, 15) is 9.59 Å². The predicted molar refractivity (Wildman–Crippen MR) is 105 cm³/mol. The van der Waals surface area contributed by atoms with E-state index < -0.39 is 0 Å². The number of nitrogens with zero attached hydrogens (tertiary/aromatic N) is 1. The summed E-state index contributed by atoms with van der Waals surface area (Å²) in [6, 6.07) is 7.43. The maximum atomic E-state index is 12.6. The number of rotatable bonds is 6. The SMILES string of the molecule is Cc1sc2nc(SCCCC(N)=O)[nH]c(=O)c2c1-c1ccc(Cl)cc1. The Balaban J connectivity index is 1.94. The van der Waals surface area contributed by atoms with Crippen molar-refractivity contribution in [3.63, 3.8) is 0 Å². The van der Waals surface area contributed by atoms with Crippen molar-refractivity contribution in [3.8, 4) is 11.1 Å². The molecule has 5 nitrogen and oxygen atoms in total. The Kier molecular flexibility index (Phi) is 5.46. The molecule has 1 aromatic carbocycles. The minimum absolute atomic E-state index is 0.156. The highest BCUT2D eigenvalue weighted by Crippen LogP contribution is 2.36. The number of primary amides is 1. The number of nitrogens with two attached hydrogens (primary N) is 1. The lowest BCUT2D eigenvalue weighted by molar-refractivity contribution is -0.118. The van der Waals surface area contributed by atoms with Crippen molar-refractivity contribution >= 4 is 50.8 Å². The topological polar surface area (TPSA) is 88.8 Å². The number of H-pyrrole nitrogens is 1. The number of carbonyl (C=O) groups excluding carboxylic acids is 1. The Morgan fingerprint density at radius 1 is 1.36 bits per heavy atom. The van der Waals surface area contributed by atoms with Crippen LogP contribution in [0, 0.1) is 6.92 Å². The van der Waals surface area contributed by atoms with Crippen molar-refractivity contribution in [3.05, 3.63) is 44.5 Å². The van der Waals surface area contributed by atoms with Gasteiger partial charge < -0.3 is 10.7 Å². The Labute approximate surface area is 157 Å². The molecular formula is C17H16ClN3O2S2. The lowest BCUT2D eigenvalue weighted by Crippen LogP contribution is -2.11. The third-order valence-corrected chi connectivity index (χ3v) is 5.87. The Hall–Kier alpha value is -1.83. The molecule has 0 fully saturated rings. The number of fused-ring (bicyclic) bond motifs is 1. The Bertz CT molecular complexity index is 980. The summed E-state index contributed by atoms with van der Waals surface area (Å²) in [5, 5.41) is 1.82. The smallest absolute Gasteiger partial charge is 0.260 e. The molecule has 3 aromatic rings. The molecule has 0 unspecified atom stereocenters. The van der Waals surface area contributed by atoms with Crippen LogP contribution in [0.2, 0.25) is 5.02 Å². The minimum Gasteiger partial charge on any atom is -0.370 e. The molecule has 2 aromatic heterocycles. The van der Waals surface area contributed by atoms with Gasteiger partial charge in [0.2, 0.25) is 5.91 Å². The zero-order valence-electron chi connectivity index (χ0n) is 13.5. The maximum absolute atomic E-state index is 12.6. The van der Waals surface area contributed by atoms with Gasteiger partial charge in [0.25, 0.3) is 5.56 Å². The molecule has 0 bridgehead atoms. The number of halogens is 1. The summed E-state index contributed by atoms with van der Waals surface area (Å²) in [6.07, 6.45) is 0.986. The molecule has 0 atom stereocenters. The van der Waals surface area contributed by atoms with Gasteiger partial charge in [-0.2, -0.15) is 0 Å². The van der Waals surface area contributed by atoms with Gasteiger partial charge in [0.1, 0.15) is 4.83 Å². The van der Waals surface area contributed by atoms with E-state index in [2.05, 4.69) is 9.97 Å². The van der Waals surface area contributed by atoms with E-state index in [1.807, 2.05) is 31.2 Å². The van der Waals surface area contributed by atoms with Gasteiger partial charge in [-0.25, -0.2) is 4.98 Å². The van der Waals surface area contributed by atoms with Gasteiger partial charge in [-0.3, -0.25) is 9.59 Å². The van der Waals surface area contributed by atoms with Crippen molar-refractivity contribution in [2.45, 2.75) is 24.9 Å². The third kappa shape index (κ3) is 4.05. The van der Waals surface area contributed by atoms with Crippen LogP contribution < -0.4 is 11.3 Å². The van der Waals surface area contributed by atoms with Crippen LogP contribution in [0.25, 0.3) is 21.3 Å². The highest BCUT2D eigenvalue weighted by Gasteiger charge is 2.16. The zero-order valence-corrected chi connectivity index (χ0v) is 15.9. The molecule has 0 saturated carbocycles. The Morgan fingerprint density at radius 2 is 2.08 bits per heavy atom. The van der Waals surface area contributed by atoms with E-state index in [-0.39, 0.29) is 11.5 Å². The van der Waals surface area contributed by atoms with E-state index >= 15 is 0 Å². The van der Waals surface area contributed by atoms with E-state index in [0.717, 1.165) is 16.0 Å². The van der Waals surface area contributed by atoms with Crippen LogP contribution in [-0.4, -0.2) is 21.6 Å². The van der Waals surface area contributed by atoms with Crippen LogP contribution in [0.5, 0.6) is 0 Å². The first-order chi connectivity index (χ1) is 12.0. The molecular weight excluding hydrogens is 378 g/mol. The maximum Gasteiger partial charge on any atom is 0.260 e. The summed E-state index contributed by atoms with van der Waals surface area (Å²) in [5.41, 5.74) is 6.82. The van der Waals surface area contributed by atoms with E-state index in [1.54, 1.807) is 0 Å². The number of hydrogen-bond acceptors (Lipinski definition) is 5. The van der Waals surface area contributed by atoms with Crippen LogP contribution in [0.4, 0.5) is 0 Å². The molecule has 2 heterocycles. The first-order valence-electron chi connectivity index (χ1n) is 7.66. The second kappa shape index (κ2) is 7.59. The fraction of sp³-hybridized carbons (Fsp3) is 0.235. The summed E-state index contributed by atoms with van der Waals surface area (Å²) in [4.78, 5) is 32.5. The third-order valence-electron chi connectivity index (χ3n) is 3.66. The number of aromatic nitrogens is 2. The first kappa shape index (κ1) is 18.0. The summed E-state index contributed by atoms with van der Waals surface area (Å²) >= 11 is 8.87. The van der Waals surface area contributed by atoms with Gasteiger partial charge in [0, 0.05) is 27.6 Å². The molecule has 0 radical (unpaired) electrons. The first-order valence-corrected chi connectivity index (χ1v) is 9.84. The van der Waals surface area contributed by atoms with Crippen molar-refractivity contribution in [1.29, 1.82) is 0 Å². The fourth-order valence-corrected chi connectivity index (χ4v) is 4.58. The second-order valence-electron chi connectivity index (χ2n) is 5.51. The molecule has 0 aliphatic carbocycles. The molecule has 8 heteroatoms. The van der Waals surface area contributed by atoms with Gasteiger partial charge in [0.05, 0.1) is 5.39 Å². The van der Waals surface area contributed by atoms with E-state index in [0.29, 0.717) is 39.0 Å². The number of carbonyl (C=O) groups is 1. The number of hydrogen-bond donors (Lipinski definition) is 2. The highest BCUT2D eigenvalue weighted by atomic mass is 35.5. The van der Waals surface area contributed by atoms with Crippen molar-refractivity contribution in [2.24, 2.45) is 5.73 Å². The van der Waals surface area contributed by atoms with Crippen LogP contribution in [0.15, 0.2) is 34.2 Å². The van der Waals surface area contributed by atoms with Crippen LogP contribution in [-0.2, 0) is 4.79 Å². The summed E-state index contributed by atoms with van der Waals surface area (Å²) in [7, 11) is 0. The number of thiophene rings is 1. The standard InChI is InChI=1S/C17H16ClN3O2S2/c1-9-13(10-4-6-11(18)7-5-10)14-15(23)20-17(21-16(14)25-9)24-8-2-3-12(19)22/h4-7H,2-3,8H2,1H3,(H2,19,22)(H,20,21,23). The van der Waals surface area contributed by atoms with Gasteiger partial charge in [0.15, 0.2) is 5.16 Å². The van der Waals surface area contributed by atoms with Crippen LogP contribution in [0.1, 0.15) is 17.7 Å². The highest BCUT2D eigenvalue weighted by molar-refractivity contribution is 7.99. The Morgan fingerprint density at radius 3 is 2.76 bits per heavy atom. The molecule has 3 rings (SSSR count). The lowest BCUT2D eigenvalue weighted by atomic mass is 10.0. The van der Waals surface area contributed by atoms with E-state index in [4.69, 9.17) is 17.3 Å². The van der Waals surface area contributed by atoms with Gasteiger partial charge in [-0.1, -0.05) is 35.5 Å². The normalized spacial score (nSPS) is 11.1. The largest absolute Gasteiger partial charge is 0.370 e. The van der Waals surface area contributed by atoms with Crippen molar-refractivity contribution in [1.82, 2.24) is 9.97 Å². The average molecular weight is 394 g/mol. The second-order valence-corrected chi connectivity index (χ2v) is 8.23. The molecule has 0 aliphatic heterocycles. The molecule has 25 heavy (non-hydrogen) atoms. The summed E-state index contributed by atoms with van der Waals surface area (Å²) < 4.78 is 0. The fourth-order valence-electron chi connectivity index (χ4n) is 2.55. The number of aryl methyl sites for hydroxylation is 1. The van der Waals surface area contributed by atoms with E-state index in [1.165, 1.54) is 23.1 Å². The van der Waals surface area contributed by atoms with Crippen LogP contribution in [0.3, 0.4) is 0 Å². The van der Waals surface area contributed by atoms with Crippen molar-refractivity contribution < 1.29 is 4.79 Å². The molecule has 3 N–H and O–H groups in total. The molecule has 0 spiro atoms. The number of nitrogens with one attached hydrogen (secondary N) is 1. The lowest BCUT2D eigenvalue weighted by Gasteiger charge is -2.03. The summed E-state index contributed by atoms with van der Waals surface area (Å²) in [6.45, 7) is 1.98. The number of aromatic amines is 1. The van der Waals surface area contributed by atoms with Gasteiger partial charge in [-0.05, 0) is 31.0 Å². The molecule has 1 amide bonds. The quantitative estimate of drug-likeness (QED) is 0.376.